The van der Waals surface area contributed by atoms with Crippen molar-refractivity contribution in [2.45, 2.75) is 32.4 Å². The van der Waals surface area contributed by atoms with Crippen molar-refractivity contribution in [1.29, 1.82) is 5.26 Å². The summed E-state index contributed by atoms with van der Waals surface area (Å²) in [5.41, 5.74) is 4.92. The van der Waals surface area contributed by atoms with Crippen LogP contribution in [0.15, 0.2) is 65.7 Å². The highest BCUT2D eigenvalue weighted by molar-refractivity contribution is 8.05. The van der Waals surface area contributed by atoms with Gasteiger partial charge in [-0.1, -0.05) is 53.7 Å². The van der Waals surface area contributed by atoms with E-state index in [0.29, 0.717) is 17.1 Å². The molecule has 1 aliphatic rings. The summed E-state index contributed by atoms with van der Waals surface area (Å²) in [6.07, 6.45) is 2.06. The number of carbonyl (C=O) groups excluding carboxylic acids is 2. The van der Waals surface area contributed by atoms with E-state index in [1.54, 1.807) is 6.08 Å². The molecule has 0 aromatic heterocycles. The fourth-order valence-corrected chi connectivity index (χ4v) is 4.59. The van der Waals surface area contributed by atoms with Gasteiger partial charge in [-0.15, -0.1) is 6.58 Å². The minimum Gasteiger partial charge on any atom is -0.348 e. The fourth-order valence-electron chi connectivity index (χ4n) is 3.28. The normalized spacial score (nSPS) is 17.3. The van der Waals surface area contributed by atoms with Gasteiger partial charge in [0.2, 0.25) is 5.91 Å². The third-order valence-electron chi connectivity index (χ3n) is 5.20. The highest BCUT2D eigenvalue weighted by Crippen LogP contribution is 2.42. The van der Waals surface area contributed by atoms with Crippen LogP contribution >= 0.6 is 11.8 Å². The van der Waals surface area contributed by atoms with E-state index in [0.717, 1.165) is 22.3 Å². The number of amides is 2. The van der Waals surface area contributed by atoms with Crippen LogP contribution < -0.4 is 10.2 Å². The quantitative estimate of drug-likeness (QED) is 0.419. The number of hydrogen-bond acceptors (Lipinski definition) is 4. The molecule has 1 aliphatic heterocycles. The molecular weight excluding hydrogens is 406 g/mol. The fraction of sp³-hybridized carbons (Fsp3) is 0.240. The van der Waals surface area contributed by atoms with Gasteiger partial charge in [-0.2, -0.15) is 5.26 Å². The summed E-state index contributed by atoms with van der Waals surface area (Å²) in [7, 11) is 0. The van der Waals surface area contributed by atoms with Crippen molar-refractivity contribution in [2.75, 3.05) is 11.4 Å². The molecule has 0 radical (unpaired) electrons. The Labute approximate surface area is 187 Å². The minimum atomic E-state index is -0.512. The SMILES string of the molecule is C=CCNC(=O)/C(C#N)=C1\SC(Cc2ccc(C)cc2)C(=O)N1c1ccc(C)c(C)c1. The monoisotopic (exact) mass is 431 g/mol. The predicted molar refractivity (Wildman–Crippen MR) is 126 cm³/mol. The second kappa shape index (κ2) is 9.67. The van der Waals surface area contributed by atoms with E-state index < -0.39 is 11.2 Å². The molecule has 0 aliphatic carbocycles. The molecule has 0 bridgehead atoms. The molecule has 0 spiro atoms. The van der Waals surface area contributed by atoms with Gasteiger partial charge in [0.25, 0.3) is 5.91 Å². The highest BCUT2D eigenvalue weighted by atomic mass is 32.2. The van der Waals surface area contributed by atoms with Crippen LogP contribution in [0.25, 0.3) is 0 Å². The van der Waals surface area contributed by atoms with Crippen LogP contribution in [0.1, 0.15) is 22.3 Å². The minimum absolute atomic E-state index is 0.0650. The molecule has 158 valence electrons. The molecule has 6 heteroatoms. The first-order chi connectivity index (χ1) is 14.8. The van der Waals surface area contributed by atoms with Gasteiger partial charge in [-0.25, -0.2) is 0 Å². The first-order valence-electron chi connectivity index (χ1n) is 10.0. The Bertz CT molecular complexity index is 1100. The molecule has 0 saturated carbocycles. The van der Waals surface area contributed by atoms with Crippen molar-refractivity contribution < 1.29 is 9.59 Å². The third kappa shape index (κ3) is 4.89. The number of aryl methyl sites for hydroxylation is 3. The van der Waals surface area contributed by atoms with Crippen molar-refractivity contribution in [1.82, 2.24) is 5.32 Å². The number of rotatable bonds is 6. The molecule has 5 nitrogen and oxygen atoms in total. The van der Waals surface area contributed by atoms with Crippen molar-refractivity contribution in [2.24, 2.45) is 0 Å². The van der Waals surface area contributed by atoms with E-state index in [-0.39, 0.29) is 18.0 Å². The van der Waals surface area contributed by atoms with E-state index in [9.17, 15) is 14.9 Å². The average Bonchev–Trinajstić information content (AvgIpc) is 3.06. The molecule has 1 atom stereocenters. The predicted octanol–water partition coefficient (Wildman–Crippen LogP) is 4.34. The van der Waals surface area contributed by atoms with E-state index in [4.69, 9.17) is 0 Å². The lowest BCUT2D eigenvalue weighted by Gasteiger charge is -2.19. The van der Waals surface area contributed by atoms with Gasteiger partial charge in [-0.3, -0.25) is 14.5 Å². The summed E-state index contributed by atoms with van der Waals surface area (Å²) in [6, 6.07) is 15.8. The summed E-state index contributed by atoms with van der Waals surface area (Å²) in [5.74, 6) is -0.643. The number of anilines is 1. The zero-order chi connectivity index (χ0) is 22.5. The molecule has 2 aromatic carbocycles. The molecule has 1 saturated heterocycles. The average molecular weight is 432 g/mol. The number of nitrogens with one attached hydrogen (secondary N) is 1. The number of hydrogen-bond donors (Lipinski definition) is 1. The smallest absolute Gasteiger partial charge is 0.264 e. The van der Waals surface area contributed by atoms with Gasteiger partial charge in [0, 0.05) is 12.2 Å². The van der Waals surface area contributed by atoms with Gasteiger partial charge in [-0.05, 0) is 56.0 Å². The molecule has 1 heterocycles. The number of thioether (sulfide) groups is 1. The van der Waals surface area contributed by atoms with Crippen LogP contribution in [0, 0.1) is 32.1 Å². The zero-order valence-electron chi connectivity index (χ0n) is 17.9. The molecule has 3 rings (SSSR count). The highest BCUT2D eigenvalue weighted by Gasteiger charge is 2.40. The number of nitriles is 1. The largest absolute Gasteiger partial charge is 0.348 e. The lowest BCUT2D eigenvalue weighted by molar-refractivity contribution is -0.117. The number of carbonyl (C=O) groups is 2. The Morgan fingerprint density at radius 2 is 1.90 bits per heavy atom. The van der Waals surface area contributed by atoms with Crippen molar-refractivity contribution in [3.63, 3.8) is 0 Å². The molecule has 31 heavy (non-hydrogen) atoms. The van der Waals surface area contributed by atoms with Crippen LogP contribution in [-0.4, -0.2) is 23.6 Å². The van der Waals surface area contributed by atoms with E-state index >= 15 is 0 Å². The summed E-state index contributed by atoms with van der Waals surface area (Å²) in [6.45, 7) is 9.82. The van der Waals surface area contributed by atoms with Gasteiger partial charge in [0.05, 0.1) is 5.25 Å². The molecule has 1 unspecified atom stereocenters. The Hall–Kier alpha value is -3.30. The second-order valence-electron chi connectivity index (χ2n) is 7.53. The maximum absolute atomic E-state index is 13.5. The van der Waals surface area contributed by atoms with Crippen LogP contribution in [0.4, 0.5) is 5.69 Å². The number of benzene rings is 2. The molecular formula is C25H25N3O2S. The summed E-state index contributed by atoms with van der Waals surface area (Å²) in [5, 5.41) is 12.4. The maximum atomic E-state index is 13.5. The molecule has 1 fully saturated rings. The van der Waals surface area contributed by atoms with Crippen LogP contribution in [0.2, 0.25) is 0 Å². The van der Waals surface area contributed by atoms with Gasteiger partial charge >= 0.3 is 0 Å². The van der Waals surface area contributed by atoms with E-state index in [1.807, 2.05) is 69.3 Å². The Balaban J connectivity index is 2.04. The van der Waals surface area contributed by atoms with Gasteiger partial charge < -0.3 is 5.32 Å². The maximum Gasteiger partial charge on any atom is 0.264 e. The third-order valence-corrected chi connectivity index (χ3v) is 6.47. The van der Waals surface area contributed by atoms with Crippen molar-refractivity contribution in [3.05, 3.63) is 88.0 Å². The Morgan fingerprint density at radius 3 is 2.52 bits per heavy atom. The van der Waals surface area contributed by atoms with Crippen molar-refractivity contribution >= 4 is 29.3 Å². The van der Waals surface area contributed by atoms with E-state index in [1.165, 1.54) is 16.7 Å². The van der Waals surface area contributed by atoms with E-state index in [2.05, 4.69) is 11.9 Å². The lowest BCUT2D eigenvalue weighted by atomic mass is 10.1. The van der Waals surface area contributed by atoms with Crippen LogP contribution in [0.3, 0.4) is 0 Å². The van der Waals surface area contributed by atoms with Gasteiger partial charge in [0.15, 0.2) is 0 Å². The zero-order valence-corrected chi connectivity index (χ0v) is 18.8. The molecule has 2 amide bonds. The first-order valence-corrected chi connectivity index (χ1v) is 10.9. The van der Waals surface area contributed by atoms with Gasteiger partial charge in [0.1, 0.15) is 16.7 Å². The topological polar surface area (TPSA) is 73.2 Å². The Morgan fingerprint density at radius 1 is 1.19 bits per heavy atom. The molecule has 2 aromatic rings. The standard InChI is InChI=1S/C25H25N3O2S/c1-5-12-27-23(29)21(15-26)25-28(20-11-8-17(3)18(4)13-20)24(30)22(31-25)14-19-9-6-16(2)7-10-19/h5-11,13,22H,1,12,14H2,2-4H3,(H,27,29)/b25-21-. The summed E-state index contributed by atoms with van der Waals surface area (Å²) >= 11 is 1.27. The summed E-state index contributed by atoms with van der Waals surface area (Å²) in [4.78, 5) is 27.6. The second-order valence-corrected chi connectivity index (χ2v) is 8.72. The number of nitrogens with zero attached hydrogens (tertiary/aromatic N) is 2. The lowest BCUT2D eigenvalue weighted by Crippen LogP contribution is -2.32. The molecule has 1 N–H and O–H groups in total. The first kappa shape index (κ1) is 22.4. The Kier molecular flexibility index (Phi) is 6.98. The van der Waals surface area contributed by atoms with Crippen LogP contribution in [-0.2, 0) is 16.0 Å². The van der Waals surface area contributed by atoms with Crippen molar-refractivity contribution in [3.8, 4) is 6.07 Å². The van der Waals surface area contributed by atoms with Crippen LogP contribution in [0.5, 0.6) is 0 Å². The summed E-state index contributed by atoms with van der Waals surface area (Å²) < 4.78 is 0.